The normalized spacial score (nSPS) is 15.1. The van der Waals surface area contributed by atoms with E-state index in [1.54, 1.807) is 6.92 Å². The Balaban J connectivity index is 2.25. The minimum Gasteiger partial charge on any atom is -0.381 e. The van der Waals surface area contributed by atoms with E-state index in [1.165, 1.54) is 20.8 Å². The average molecular weight is 454 g/mol. The molecule has 2 aromatic rings. The highest BCUT2D eigenvalue weighted by atomic mass is 19.4. The van der Waals surface area contributed by atoms with Gasteiger partial charge in [0.2, 0.25) is 6.41 Å². The maximum Gasteiger partial charge on any atom is 0.391 e. The standard InChI is InChI=1S/C23H29F3N2O4/c1-5-18(17-11-10-15-8-6-7-9-16(15)12-17)27-21(31)20(30)19(13-23(24,25)26)28(14-29)32-22(2,3)4/h6-12,14,18-20,30H,5,13H2,1-4H3,(H,27,31). The van der Waals surface area contributed by atoms with E-state index in [0.29, 0.717) is 11.5 Å². The molecule has 0 aliphatic heterocycles. The number of halogens is 3. The van der Waals surface area contributed by atoms with Crippen molar-refractivity contribution >= 4 is 23.1 Å². The van der Waals surface area contributed by atoms with Gasteiger partial charge in [-0.2, -0.15) is 13.2 Å². The quantitative estimate of drug-likeness (QED) is 0.438. The van der Waals surface area contributed by atoms with Gasteiger partial charge in [-0.25, -0.2) is 5.06 Å². The van der Waals surface area contributed by atoms with E-state index in [4.69, 9.17) is 4.84 Å². The van der Waals surface area contributed by atoms with Gasteiger partial charge in [-0.05, 0) is 49.6 Å². The minimum absolute atomic E-state index is 0.0405. The summed E-state index contributed by atoms with van der Waals surface area (Å²) in [5, 5.41) is 15.4. The SMILES string of the molecule is CCC(NC(=O)C(O)C(CC(F)(F)F)N(C=O)OC(C)(C)C)c1ccc2ccccc2c1. The Kier molecular flexibility index (Phi) is 8.25. The van der Waals surface area contributed by atoms with Crippen LogP contribution >= 0.6 is 0 Å². The van der Waals surface area contributed by atoms with Crippen molar-refractivity contribution < 1.29 is 32.7 Å². The lowest BCUT2D eigenvalue weighted by atomic mass is 9.99. The van der Waals surface area contributed by atoms with Gasteiger partial charge >= 0.3 is 6.18 Å². The summed E-state index contributed by atoms with van der Waals surface area (Å²) in [6.07, 6.45) is -8.02. The fraction of sp³-hybridized carbons (Fsp3) is 0.478. The first-order valence-corrected chi connectivity index (χ1v) is 10.3. The molecule has 2 N–H and O–H groups in total. The second-order valence-corrected chi connectivity index (χ2v) is 8.58. The first-order valence-electron chi connectivity index (χ1n) is 10.3. The molecule has 0 aromatic heterocycles. The molecule has 32 heavy (non-hydrogen) atoms. The highest BCUT2D eigenvalue weighted by Crippen LogP contribution is 2.28. The van der Waals surface area contributed by atoms with Crippen molar-refractivity contribution in [3.05, 3.63) is 48.0 Å². The number of rotatable bonds is 9. The summed E-state index contributed by atoms with van der Waals surface area (Å²) in [5.41, 5.74) is -0.268. The number of nitrogens with zero attached hydrogens (tertiary/aromatic N) is 1. The molecule has 3 unspecified atom stereocenters. The summed E-state index contributed by atoms with van der Waals surface area (Å²) in [4.78, 5) is 29.4. The minimum atomic E-state index is -4.74. The highest BCUT2D eigenvalue weighted by Gasteiger charge is 2.42. The van der Waals surface area contributed by atoms with Crippen LogP contribution in [0.15, 0.2) is 42.5 Å². The molecule has 0 aliphatic rings. The van der Waals surface area contributed by atoms with E-state index in [0.717, 1.165) is 16.3 Å². The lowest BCUT2D eigenvalue weighted by molar-refractivity contribution is -0.257. The van der Waals surface area contributed by atoms with Gasteiger partial charge in [-0.15, -0.1) is 0 Å². The van der Waals surface area contributed by atoms with Crippen molar-refractivity contribution in [1.82, 2.24) is 10.4 Å². The second-order valence-electron chi connectivity index (χ2n) is 8.58. The van der Waals surface area contributed by atoms with E-state index in [2.05, 4.69) is 5.32 Å². The molecule has 3 atom stereocenters. The maximum absolute atomic E-state index is 13.2. The number of hydrogen-bond acceptors (Lipinski definition) is 4. The molecule has 0 spiro atoms. The second kappa shape index (κ2) is 10.3. The van der Waals surface area contributed by atoms with Crippen molar-refractivity contribution in [2.45, 2.75) is 70.5 Å². The summed E-state index contributed by atoms with van der Waals surface area (Å²) in [6.45, 7) is 6.41. The maximum atomic E-state index is 13.2. The molecule has 2 aromatic carbocycles. The number of aliphatic hydroxyl groups excluding tert-OH is 1. The Morgan fingerprint density at radius 3 is 2.31 bits per heavy atom. The van der Waals surface area contributed by atoms with Gasteiger partial charge in [0, 0.05) is 0 Å². The van der Waals surface area contributed by atoms with Gasteiger partial charge < -0.3 is 10.4 Å². The van der Waals surface area contributed by atoms with Crippen LogP contribution < -0.4 is 5.32 Å². The Morgan fingerprint density at radius 2 is 1.78 bits per heavy atom. The largest absolute Gasteiger partial charge is 0.391 e. The summed E-state index contributed by atoms with van der Waals surface area (Å²) in [7, 11) is 0. The molecule has 0 radical (unpaired) electrons. The van der Waals surface area contributed by atoms with Crippen LogP contribution in [-0.4, -0.2) is 46.4 Å². The number of carbonyl (C=O) groups is 2. The molecule has 0 saturated heterocycles. The lowest BCUT2D eigenvalue weighted by Gasteiger charge is -2.35. The molecule has 176 valence electrons. The van der Waals surface area contributed by atoms with Crippen LogP contribution in [0.2, 0.25) is 0 Å². The monoisotopic (exact) mass is 454 g/mol. The van der Waals surface area contributed by atoms with Gasteiger partial charge in [0.15, 0.2) is 6.10 Å². The number of benzene rings is 2. The Labute approximate surface area is 185 Å². The van der Waals surface area contributed by atoms with Crippen molar-refractivity contribution in [2.24, 2.45) is 0 Å². The molecule has 0 heterocycles. The number of aliphatic hydroxyl groups is 1. The fourth-order valence-corrected chi connectivity index (χ4v) is 3.34. The number of amides is 2. The summed E-state index contributed by atoms with van der Waals surface area (Å²) >= 11 is 0. The smallest absolute Gasteiger partial charge is 0.381 e. The fourth-order valence-electron chi connectivity index (χ4n) is 3.34. The first kappa shape index (κ1) is 25.6. The molecule has 6 nitrogen and oxygen atoms in total. The van der Waals surface area contributed by atoms with E-state index >= 15 is 0 Å². The van der Waals surface area contributed by atoms with Crippen LogP contribution in [0.25, 0.3) is 10.8 Å². The third kappa shape index (κ3) is 7.20. The van der Waals surface area contributed by atoms with Crippen LogP contribution in [0, 0.1) is 0 Å². The van der Waals surface area contributed by atoms with Gasteiger partial charge in [0.1, 0.15) is 6.04 Å². The van der Waals surface area contributed by atoms with Crippen LogP contribution in [0.5, 0.6) is 0 Å². The topological polar surface area (TPSA) is 78.9 Å². The lowest BCUT2D eigenvalue weighted by Crippen LogP contribution is -2.54. The van der Waals surface area contributed by atoms with Crippen molar-refractivity contribution in [1.29, 1.82) is 0 Å². The van der Waals surface area contributed by atoms with Gasteiger partial charge in [0.05, 0.1) is 18.1 Å². The van der Waals surface area contributed by atoms with Crippen LogP contribution in [0.1, 0.15) is 52.1 Å². The van der Waals surface area contributed by atoms with Crippen LogP contribution in [0.4, 0.5) is 13.2 Å². The predicted molar refractivity (Wildman–Crippen MR) is 114 cm³/mol. The van der Waals surface area contributed by atoms with Gasteiger partial charge in [-0.3, -0.25) is 14.4 Å². The zero-order chi connectivity index (χ0) is 24.1. The molecular formula is C23H29F3N2O4. The van der Waals surface area contributed by atoms with E-state index in [1.807, 2.05) is 42.5 Å². The van der Waals surface area contributed by atoms with Crippen molar-refractivity contribution in [3.63, 3.8) is 0 Å². The summed E-state index contributed by atoms with van der Waals surface area (Å²) in [6, 6.07) is 10.7. The van der Waals surface area contributed by atoms with Crippen molar-refractivity contribution in [2.75, 3.05) is 0 Å². The third-order valence-corrected chi connectivity index (χ3v) is 4.78. The van der Waals surface area contributed by atoms with Crippen LogP contribution in [-0.2, 0) is 14.4 Å². The number of hydroxylamine groups is 2. The van der Waals surface area contributed by atoms with Crippen molar-refractivity contribution in [3.8, 4) is 0 Å². The highest BCUT2D eigenvalue weighted by molar-refractivity contribution is 5.84. The average Bonchev–Trinajstić information content (AvgIpc) is 2.71. The molecule has 9 heteroatoms. The molecule has 0 saturated carbocycles. The van der Waals surface area contributed by atoms with E-state index in [-0.39, 0.29) is 6.41 Å². The number of alkyl halides is 3. The Morgan fingerprint density at radius 1 is 1.16 bits per heavy atom. The van der Waals surface area contributed by atoms with E-state index < -0.39 is 42.3 Å². The Hall–Kier alpha value is -2.65. The molecule has 0 aliphatic carbocycles. The summed E-state index contributed by atoms with van der Waals surface area (Å²) in [5.74, 6) is -1.02. The van der Waals surface area contributed by atoms with Crippen LogP contribution in [0.3, 0.4) is 0 Å². The number of fused-ring (bicyclic) bond motifs is 1. The van der Waals surface area contributed by atoms with Gasteiger partial charge in [0.25, 0.3) is 5.91 Å². The molecule has 2 rings (SSSR count). The first-order chi connectivity index (χ1) is 14.8. The zero-order valence-electron chi connectivity index (χ0n) is 18.5. The number of hydrogen-bond donors (Lipinski definition) is 2. The molecular weight excluding hydrogens is 425 g/mol. The third-order valence-electron chi connectivity index (χ3n) is 4.78. The number of carbonyl (C=O) groups excluding carboxylic acids is 2. The molecule has 2 amide bonds. The molecule has 0 fully saturated rings. The van der Waals surface area contributed by atoms with E-state index in [9.17, 15) is 27.9 Å². The number of nitrogens with one attached hydrogen (secondary N) is 1. The molecule has 0 bridgehead atoms. The van der Waals surface area contributed by atoms with Gasteiger partial charge in [-0.1, -0.05) is 43.3 Å². The Bertz CT molecular complexity index is 927. The summed E-state index contributed by atoms with van der Waals surface area (Å²) < 4.78 is 39.5. The zero-order valence-corrected chi connectivity index (χ0v) is 18.5. The predicted octanol–water partition coefficient (Wildman–Crippen LogP) is 4.28.